The van der Waals surface area contributed by atoms with Crippen molar-refractivity contribution < 1.29 is 9.47 Å². The standard InChI is InChI=1S/C22H24BrN3O3/c1-3-28-19-10-5-16(15-20(19)29-4-2)11-12-24-21-22(27)26(14-13-25-21)18-8-6-17(23)7-9-18/h5-10,13-15H,3-4,11-12H2,1-2H3,(H,24,25). The molecule has 0 fully saturated rings. The maximum atomic E-state index is 12.7. The van der Waals surface area contributed by atoms with Gasteiger partial charge >= 0.3 is 0 Å². The molecule has 152 valence electrons. The third-order valence-corrected chi connectivity index (χ3v) is 4.79. The van der Waals surface area contributed by atoms with Gasteiger partial charge in [0.15, 0.2) is 17.3 Å². The van der Waals surface area contributed by atoms with Crippen LogP contribution in [0.4, 0.5) is 5.82 Å². The van der Waals surface area contributed by atoms with Gasteiger partial charge in [-0.05, 0) is 62.2 Å². The lowest BCUT2D eigenvalue weighted by Crippen LogP contribution is -2.24. The van der Waals surface area contributed by atoms with E-state index in [1.54, 1.807) is 17.0 Å². The average molecular weight is 458 g/mol. The molecular weight excluding hydrogens is 434 g/mol. The van der Waals surface area contributed by atoms with Crippen LogP contribution in [-0.4, -0.2) is 29.3 Å². The van der Waals surface area contributed by atoms with Crippen molar-refractivity contribution in [3.8, 4) is 17.2 Å². The fourth-order valence-corrected chi connectivity index (χ4v) is 3.18. The molecule has 2 aromatic carbocycles. The molecule has 3 rings (SSSR count). The van der Waals surface area contributed by atoms with E-state index < -0.39 is 0 Å². The van der Waals surface area contributed by atoms with E-state index in [9.17, 15) is 4.79 Å². The van der Waals surface area contributed by atoms with E-state index in [4.69, 9.17) is 9.47 Å². The van der Waals surface area contributed by atoms with Gasteiger partial charge in [-0.3, -0.25) is 9.36 Å². The second kappa shape index (κ2) is 10.1. The Morgan fingerprint density at radius 2 is 1.76 bits per heavy atom. The highest BCUT2D eigenvalue weighted by Gasteiger charge is 2.08. The van der Waals surface area contributed by atoms with Crippen molar-refractivity contribution in [3.05, 3.63) is 75.2 Å². The molecule has 0 saturated heterocycles. The van der Waals surface area contributed by atoms with Gasteiger partial charge in [-0.2, -0.15) is 0 Å². The van der Waals surface area contributed by atoms with E-state index in [1.807, 2.05) is 56.3 Å². The van der Waals surface area contributed by atoms with Crippen molar-refractivity contribution in [2.45, 2.75) is 20.3 Å². The Hall–Kier alpha value is -2.80. The molecule has 0 radical (unpaired) electrons. The van der Waals surface area contributed by atoms with E-state index in [2.05, 4.69) is 26.2 Å². The summed E-state index contributed by atoms with van der Waals surface area (Å²) in [5.41, 5.74) is 1.70. The third-order valence-electron chi connectivity index (χ3n) is 4.26. The second-order valence-electron chi connectivity index (χ2n) is 6.25. The Morgan fingerprint density at radius 3 is 2.48 bits per heavy atom. The Labute approximate surface area is 178 Å². The molecule has 3 aromatic rings. The first-order chi connectivity index (χ1) is 14.1. The van der Waals surface area contributed by atoms with Gasteiger partial charge in [0.05, 0.1) is 13.2 Å². The van der Waals surface area contributed by atoms with E-state index in [0.29, 0.717) is 25.6 Å². The summed E-state index contributed by atoms with van der Waals surface area (Å²) in [7, 11) is 0. The van der Waals surface area contributed by atoms with Crippen LogP contribution in [0.15, 0.2) is 64.1 Å². The topological polar surface area (TPSA) is 65.4 Å². The molecule has 0 unspecified atom stereocenters. The number of benzene rings is 2. The molecule has 0 atom stereocenters. The number of halogens is 1. The van der Waals surface area contributed by atoms with Crippen LogP contribution in [0.3, 0.4) is 0 Å². The first kappa shape index (κ1) is 20.9. The Balaban J connectivity index is 1.69. The lowest BCUT2D eigenvalue weighted by molar-refractivity contribution is 0.287. The number of nitrogens with one attached hydrogen (secondary N) is 1. The van der Waals surface area contributed by atoms with Crippen molar-refractivity contribution in [1.82, 2.24) is 9.55 Å². The summed E-state index contributed by atoms with van der Waals surface area (Å²) in [5.74, 6) is 1.81. The minimum atomic E-state index is -0.184. The maximum absolute atomic E-state index is 12.7. The highest BCUT2D eigenvalue weighted by atomic mass is 79.9. The van der Waals surface area contributed by atoms with Gasteiger partial charge in [0.25, 0.3) is 5.56 Å². The van der Waals surface area contributed by atoms with Crippen molar-refractivity contribution >= 4 is 21.7 Å². The number of anilines is 1. The fourth-order valence-electron chi connectivity index (χ4n) is 2.91. The predicted octanol–water partition coefficient (Wildman–Crippen LogP) is 4.45. The van der Waals surface area contributed by atoms with Crippen molar-refractivity contribution in [3.63, 3.8) is 0 Å². The minimum Gasteiger partial charge on any atom is -0.490 e. The zero-order valence-electron chi connectivity index (χ0n) is 16.5. The number of nitrogens with zero attached hydrogens (tertiary/aromatic N) is 2. The van der Waals surface area contributed by atoms with Crippen LogP contribution in [0.1, 0.15) is 19.4 Å². The molecule has 0 saturated carbocycles. The lowest BCUT2D eigenvalue weighted by atomic mass is 10.1. The molecule has 7 heteroatoms. The van der Waals surface area contributed by atoms with Gasteiger partial charge in [0, 0.05) is 29.1 Å². The minimum absolute atomic E-state index is 0.184. The van der Waals surface area contributed by atoms with Crippen LogP contribution >= 0.6 is 15.9 Å². The number of hydrogen-bond acceptors (Lipinski definition) is 5. The van der Waals surface area contributed by atoms with E-state index in [1.165, 1.54) is 0 Å². The van der Waals surface area contributed by atoms with Crippen LogP contribution < -0.4 is 20.3 Å². The molecule has 1 heterocycles. The van der Waals surface area contributed by atoms with E-state index >= 15 is 0 Å². The van der Waals surface area contributed by atoms with Crippen LogP contribution in [0.2, 0.25) is 0 Å². The normalized spacial score (nSPS) is 10.6. The molecule has 0 amide bonds. The third kappa shape index (κ3) is 5.38. The van der Waals surface area contributed by atoms with Crippen molar-refractivity contribution in [1.29, 1.82) is 0 Å². The van der Waals surface area contributed by atoms with Gasteiger partial charge < -0.3 is 14.8 Å². The van der Waals surface area contributed by atoms with Gasteiger partial charge in [-0.1, -0.05) is 22.0 Å². The largest absolute Gasteiger partial charge is 0.490 e. The van der Waals surface area contributed by atoms with Crippen molar-refractivity contribution in [2.75, 3.05) is 25.1 Å². The Morgan fingerprint density at radius 1 is 1.03 bits per heavy atom. The maximum Gasteiger partial charge on any atom is 0.297 e. The molecule has 1 aromatic heterocycles. The van der Waals surface area contributed by atoms with Crippen LogP contribution in [0.25, 0.3) is 5.69 Å². The van der Waals surface area contributed by atoms with Crippen LogP contribution in [-0.2, 0) is 6.42 Å². The SMILES string of the molecule is CCOc1ccc(CCNc2nccn(-c3ccc(Br)cc3)c2=O)cc1OCC. The van der Waals surface area contributed by atoms with Crippen LogP contribution in [0.5, 0.6) is 11.5 Å². The van der Waals surface area contributed by atoms with Gasteiger partial charge in [0.1, 0.15) is 0 Å². The predicted molar refractivity (Wildman–Crippen MR) is 119 cm³/mol. The first-order valence-electron chi connectivity index (χ1n) is 9.58. The van der Waals surface area contributed by atoms with Crippen LogP contribution in [0, 0.1) is 0 Å². The monoisotopic (exact) mass is 457 g/mol. The zero-order chi connectivity index (χ0) is 20.6. The molecule has 0 bridgehead atoms. The molecule has 0 aliphatic rings. The summed E-state index contributed by atoms with van der Waals surface area (Å²) in [6.07, 6.45) is 4.01. The highest BCUT2D eigenvalue weighted by molar-refractivity contribution is 9.10. The Bertz CT molecular complexity index is 1000. The first-order valence-corrected chi connectivity index (χ1v) is 10.4. The lowest BCUT2D eigenvalue weighted by Gasteiger charge is -2.13. The number of hydrogen-bond donors (Lipinski definition) is 1. The quantitative estimate of drug-likeness (QED) is 0.514. The zero-order valence-corrected chi connectivity index (χ0v) is 18.1. The summed E-state index contributed by atoms with van der Waals surface area (Å²) in [5, 5.41) is 3.15. The number of aromatic nitrogens is 2. The molecule has 29 heavy (non-hydrogen) atoms. The van der Waals surface area contributed by atoms with Gasteiger partial charge in [-0.25, -0.2) is 4.98 Å². The van der Waals surface area contributed by atoms with E-state index in [0.717, 1.165) is 33.6 Å². The summed E-state index contributed by atoms with van der Waals surface area (Å²) in [4.78, 5) is 16.9. The second-order valence-corrected chi connectivity index (χ2v) is 7.17. The molecule has 0 aliphatic heterocycles. The van der Waals surface area contributed by atoms with Gasteiger partial charge in [-0.15, -0.1) is 0 Å². The molecular formula is C22H24BrN3O3. The summed E-state index contributed by atoms with van der Waals surface area (Å²) in [6, 6.07) is 13.5. The molecule has 0 aliphatic carbocycles. The summed E-state index contributed by atoms with van der Waals surface area (Å²) >= 11 is 3.41. The number of rotatable bonds is 9. The fraction of sp³-hybridized carbons (Fsp3) is 0.273. The smallest absolute Gasteiger partial charge is 0.297 e. The summed E-state index contributed by atoms with van der Waals surface area (Å²) < 4.78 is 13.8. The molecule has 1 N–H and O–H groups in total. The van der Waals surface area contributed by atoms with Gasteiger partial charge in [0.2, 0.25) is 0 Å². The Kier molecular flexibility index (Phi) is 7.30. The van der Waals surface area contributed by atoms with Crippen molar-refractivity contribution in [2.24, 2.45) is 0 Å². The highest BCUT2D eigenvalue weighted by Crippen LogP contribution is 2.28. The molecule has 0 spiro atoms. The average Bonchev–Trinajstić information content (AvgIpc) is 2.72. The number of ether oxygens (including phenoxy) is 2. The van der Waals surface area contributed by atoms with E-state index in [-0.39, 0.29) is 5.56 Å². The molecule has 6 nitrogen and oxygen atoms in total. The summed E-state index contributed by atoms with van der Waals surface area (Å²) in [6.45, 7) is 5.63.